The predicted molar refractivity (Wildman–Crippen MR) is 55.0 cm³/mol. The summed E-state index contributed by atoms with van der Waals surface area (Å²) >= 11 is 0. The molecule has 0 aromatic rings. The second kappa shape index (κ2) is 6.35. The summed E-state index contributed by atoms with van der Waals surface area (Å²) in [5, 5.41) is 3.17. The molecule has 3 nitrogen and oxygen atoms in total. The Bertz CT molecular complexity index is 124. The minimum Gasteiger partial charge on any atom is -0.381 e. The van der Waals surface area contributed by atoms with Crippen molar-refractivity contribution in [1.29, 1.82) is 0 Å². The van der Waals surface area contributed by atoms with Gasteiger partial charge in [-0.3, -0.25) is 0 Å². The van der Waals surface area contributed by atoms with Gasteiger partial charge in [-0.15, -0.1) is 0 Å². The van der Waals surface area contributed by atoms with Crippen LogP contribution >= 0.6 is 0 Å². The van der Waals surface area contributed by atoms with E-state index in [4.69, 9.17) is 4.74 Å². The zero-order chi connectivity index (χ0) is 9.52. The molecule has 0 aromatic carbocycles. The fourth-order valence-corrected chi connectivity index (χ4v) is 1.79. The summed E-state index contributed by atoms with van der Waals surface area (Å²) in [4.78, 5) is 2.41. The summed E-state index contributed by atoms with van der Waals surface area (Å²) in [6, 6.07) is 0. The van der Waals surface area contributed by atoms with Crippen molar-refractivity contribution >= 4 is 0 Å². The smallest absolute Gasteiger partial charge is 0.0507 e. The first kappa shape index (κ1) is 11.0. The topological polar surface area (TPSA) is 24.5 Å². The monoisotopic (exact) mass is 186 g/mol. The number of hydrogen-bond donors (Lipinski definition) is 1. The lowest BCUT2D eigenvalue weighted by atomic mass is 10.1. The Morgan fingerprint density at radius 1 is 1.54 bits per heavy atom. The number of ether oxygens (including phenoxy) is 1. The van der Waals surface area contributed by atoms with Gasteiger partial charge in [0.25, 0.3) is 0 Å². The van der Waals surface area contributed by atoms with E-state index in [0.29, 0.717) is 0 Å². The van der Waals surface area contributed by atoms with Crippen molar-refractivity contribution in [3.8, 4) is 0 Å². The molecule has 1 N–H and O–H groups in total. The maximum atomic E-state index is 5.34. The molecule has 1 fully saturated rings. The van der Waals surface area contributed by atoms with E-state index in [1.807, 2.05) is 7.05 Å². The van der Waals surface area contributed by atoms with Crippen LogP contribution in [0.2, 0.25) is 0 Å². The van der Waals surface area contributed by atoms with Crippen molar-refractivity contribution in [1.82, 2.24) is 10.2 Å². The van der Waals surface area contributed by atoms with Crippen LogP contribution in [0.3, 0.4) is 0 Å². The summed E-state index contributed by atoms with van der Waals surface area (Å²) in [5.41, 5.74) is 0. The summed E-state index contributed by atoms with van der Waals surface area (Å²) in [6.07, 6.45) is 2.48. The van der Waals surface area contributed by atoms with E-state index < -0.39 is 0 Å². The molecule has 1 atom stereocenters. The highest BCUT2D eigenvalue weighted by Gasteiger charge is 2.16. The van der Waals surface area contributed by atoms with Gasteiger partial charge in [0, 0.05) is 13.2 Å². The van der Waals surface area contributed by atoms with Gasteiger partial charge in [0.2, 0.25) is 0 Å². The Hall–Kier alpha value is -0.120. The number of nitrogens with zero attached hydrogens (tertiary/aromatic N) is 1. The third-order valence-corrected chi connectivity index (χ3v) is 2.56. The standard InChI is InChI=1S/C10H22N2O/c1-11-5-3-6-12(2)8-10-4-7-13-9-10/h10-11H,3-9H2,1-2H3. The molecule has 1 aliphatic heterocycles. The number of hydrogen-bond acceptors (Lipinski definition) is 3. The molecule has 1 heterocycles. The normalized spacial score (nSPS) is 22.8. The largest absolute Gasteiger partial charge is 0.381 e. The van der Waals surface area contributed by atoms with Gasteiger partial charge in [0.05, 0.1) is 6.61 Å². The maximum Gasteiger partial charge on any atom is 0.0507 e. The highest BCUT2D eigenvalue weighted by atomic mass is 16.5. The second-order valence-corrected chi connectivity index (χ2v) is 3.95. The van der Waals surface area contributed by atoms with Crippen LogP contribution in [0.15, 0.2) is 0 Å². The Labute approximate surface area is 81.4 Å². The van der Waals surface area contributed by atoms with Crippen molar-refractivity contribution in [2.24, 2.45) is 5.92 Å². The van der Waals surface area contributed by atoms with E-state index in [9.17, 15) is 0 Å². The van der Waals surface area contributed by atoms with Crippen molar-refractivity contribution < 1.29 is 4.74 Å². The van der Waals surface area contributed by atoms with Crippen molar-refractivity contribution in [2.45, 2.75) is 12.8 Å². The average molecular weight is 186 g/mol. The average Bonchev–Trinajstić information content (AvgIpc) is 2.57. The van der Waals surface area contributed by atoms with E-state index in [0.717, 1.165) is 25.7 Å². The first-order valence-electron chi connectivity index (χ1n) is 5.24. The Balaban J connectivity index is 1.99. The minimum atomic E-state index is 0.777. The molecule has 0 bridgehead atoms. The van der Waals surface area contributed by atoms with E-state index in [2.05, 4.69) is 17.3 Å². The molecule has 0 spiro atoms. The number of nitrogens with one attached hydrogen (secondary N) is 1. The predicted octanol–water partition coefficient (Wildman–Crippen LogP) is 0.564. The molecule has 3 heteroatoms. The van der Waals surface area contributed by atoms with Gasteiger partial charge in [-0.1, -0.05) is 0 Å². The van der Waals surface area contributed by atoms with Gasteiger partial charge >= 0.3 is 0 Å². The molecule has 0 radical (unpaired) electrons. The lowest BCUT2D eigenvalue weighted by molar-refractivity contribution is 0.173. The Kier molecular flexibility index (Phi) is 5.35. The molecule has 1 saturated heterocycles. The molecule has 78 valence electrons. The highest BCUT2D eigenvalue weighted by Crippen LogP contribution is 2.12. The zero-order valence-electron chi connectivity index (χ0n) is 8.88. The van der Waals surface area contributed by atoms with Gasteiger partial charge in [0.1, 0.15) is 0 Å². The van der Waals surface area contributed by atoms with Gasteiger partial charge < -0.3 is 15.0 Å². The lowest BCUT2D eigenvalue weighted by Crippen LogP contribution is -2.28. The maximum absolute atomic E-state index is 5.34. The summed E-state index contributed by atoms with van der Waals surface area (Å²) < 4.78 is 5.34. The van der Waals surface area contributed by atoms with Gasteiger partial charge in [-0.05, 0) is 45.9 Å². The quantitative estimate of drug-likeness (QED) is 0.614. The van der Waals surface area contributed by atoms with Crippen LogP contribution in [0.25, 0.3) is 0 Å². The fraction of sp³-hybridized carbons (Fsp3) is 1.00. The highest BCUT2D eigenvalue weighted by molar-refractivity contribution is 4.67. The van der Waals surface area contributed by atoms with Gasteiger partial charge in [0.15, 0.2) is 0 Å². The Morgan fingerprint density at radius 3 is 3.00 bits per heavy atom. The SMILES string of the molecule is CNCCCN(C)CC1CCOC1. The van der Waals surface area contributed by atoms with Crippen molar-refractivity contribution in [3.05, 3.63) is 0 Å². The molecule has 13 heavy (non-hydrogen) atoms. The lowest BCUT2D eigenvalue weighted by Gasteiger charge is -2.19. The van der Waals surface area contributed by atoms with E-state index in [-0.39, 0.29) is 0 Å². The van der Waals surface area contributed by atoms with Crippen LogP contribution < -0.4 is 5.32 Å². The zero-order valence-corrected chi connectivity index (χ0v) is 8.88. The van der Waals surface area contributed by atoms with Crippen LogP contribution in [0.5, 0.6) is 0 Å². The van der Waals surface area contributed by atoms with Crippen LogP contribution in [-0.4, -0.2) is 51.8 Å². The number of rotatable bonds is 6. The minimum absolute atomic E-state index is 0.777. The van der Waals surface area contributed by atoms with Gasteiger partial charge in [-0.2, -0.15) is 0 Å². The molecule has 0 aliphatic carbocycles. The molecule has 0 aromatic heterocycles. The van der Waals surface area contributed by atoms with Crippen molar-refractivity contribution in [3.63, 3.8) is 0 Å². The molecule has 1 unspecified atom stereocenters. The summed E-state index contributed by atoms with van der Waals surface area (Å²) in [7, 11) is 4.21. The third-order valence-electron chi connectivity index (χ3n) is 2.56. The van der Waals surface area contributed by atoms with Crippen molar-refractivity contribution in [2.75, 3.05) is 46.9 Å². The molecule has 1 rings (SSSR count). The van der Waals surface area contributed by atoms with Gasteiger partial charge in [-0.25, -0.2) is 0 Å². The van der Waals surface area contributed by atoms with Crippen LogP contribution in [0.1, 0.15) is 12.8 Å². The molecule has 0 saturated carbocycles. The van der Waals surface area contributed by atoms with Crippen LogP contribution in [0, 0.1) is 5.92 Å². The molecular formula is C10H22N2O. The Morgan fingerprint density at radius 2 is 2.38 bits per heavy atom. The third kappa shape index (κ3) is 4.60. The first-order chi connectivity index (χ1) is 6.33. The molecular weight excluding hydrogens is 164 g/mol. The second-order valence-electron chi connectivity index (χ2n) is 3.95. The van der Waals surface area contributed by atoms with E-state index in [1.165, 1.54) is 25.9 Å². The van der Waals surface area contributed by atoms with Crippen LogP contribution in [-0.2, 0) is 4.74 Å². The summed E-state index contributed by atoms with van der Waals surface area (Å²) in [6.45, 7) is 5.44. The molecule has 1 aliphatic rings. The first-order valence-corrected chi connectivity index (χ1v) is 5.24. The fourth-order valence-electron chi connectivity index (χ4n) is 1.79. The van der Waals surface area contributed by atoms with E-state index in [1.54, 1.807) is 0 Å². The van der Waals surface area contributed by atoms with Crippen LogP contribution in [0.4, 0.5) is 0 Å². The van der Waals surface area contributed by atoms with E-state index >= 15 is 0 Å². The summed E-state index contributed by atoms with van der Waals surface area (Å²) in [5.74, 6) is 0.777. The molecule has 0 amide bonds.